The van der Waals surface area contributed by atoms with Gasteiger partial charge in [-0.05, 0) is 35.4 Å². The molecule has 0 saturated carbocycles. The summed E-state index contributed by atoms with van der Waals surface area (Å²) < 4.78 is 0. The first-order chi connectivity index (χ1) is 11.6. The van der Waals surface area contributed by atoms with Crippen molar-refractivity contribution < 1.29 is 14.7 Å². The van der Waals surface area contributed by atoms with Gasteiger partial charge >= 0.3 is 5.97 Å². The highest BCUT2D eigenvalue weighted by Gasteiger charge is 2.42. The minimum Gasteiger partial charge on any atom is -0.480 e. The topological polar surface area (TPSA) is 57.6 Å². The molecular weight excluding hydrogens is 358 g/mol. The molecule has 1 aromatic rings. The molecule has 1 saturated heterocycles. The SMILES string of the molecule is CC(CC(=O)N1C(C(=O)O)CSC1c1cccc(Cl)c1)CC(C)(C)C. The Labute approximate surface area is 158 Å². The third-order valence-corrected chi connectivity index (χ3v) is 5.75. The molecule has 1 amide bonds. The molecule has 1 aromatic carbocycles. The Morgan fingerprint density at radius 2 is 2.08 bits per heavy atom. The summed E-state index contributed by atoms with van der Waals surface area (Å²) in [5, 5.41) is 9.83. The van der Waals surface area contributed by atoms with Crippen molar-refractivity contribution in [3.8, 4) is 0 Å². The van der Waals surface area contributed by atoms with Gasteiger partial charge in [0.15, 0.2) is 0 Å². The number of benzene rings is 1. The number of amides is 1. The lowest BCUT2D eigenvalue weighted by Crippen LogP contribution is -2.43. The lowest BCUT2D eigenvalue weighted by atomic mass is 9.84. The Hall–Kier alpha value is -1.20. The van der Waals surface area contributed by atoms with Crippen LogP contribution in [0, 0.1) is 11.3 Å². The van der Waals surface area contributed by atoms with Crippen LogP contribution < -0.4 is 0 Å². The zero-order valence-corrected chi connectivity index (χ0v) is 16.7. The molecule has 0 bridgehead atoms. The molecule has 1 fully saturated rings. The van der Waals surface area contributed by atoms with E-state index in [0.29, 0.717) is 17.2 Å². The Balaban J connectivity index is 2.21. The van der Waals surface area contributed by atoms with Crippen LogP contribution in [0.15, 0.2) is 24.3 Å². The van der Waals surface area contributed by atoms with E-state index >= 15 is 0 Å². The fourth-order valence-corrected chi connectivity index (χ4v) is 5.07. The monoisotopic (exact) mass is 383 g/mol. The van der Waals surface area contributed by atoms with E-state index in [0.717, 1.165) is 12.0 Å². The standard InChI is InChI=1S/C19H26ClNO3S/c1-12(10-19(2,3)4)8-16(22)21-15(18(23)24)11-25-17(21)13-6-5-7-14(20)9-13/h5-7,9,12,15,17H,8,10-11H2,1-4H3,(H,23,24). The van der Waals surface area contributed by atoms with Crippen molar-refractivity contribution in [3.63, 3.8) is 0 Å². The molecule has 0 aliphatic carbocycles. The molecule has 4 nitrogen and oxygen atoms in total. The normalized spacial score (nSPS) is 22.0. The largest absolute Gasteiger partial charge is 0.480 e. The van der Waals surface area contributed by atoms with Crippen LogP contribution in [0.4, 0.5) is 0 Å². The van der Waals surface area contributed by atoms with E-state index in [1.165, 1.54) is 16.7 Å². The van der Waals surface area contributed by atoms with Crippen LogP contribution >= 0.6 is 23.4 Å². The van der Waals surface area contributed by atoms with Gasteiger partial charge in [0.25, 0.3) is 0 Å². The fourth-order valence-electron chi connectivity index (χ4n) is 3.44. The number of thioether (sulfide) groups is 1. The van der Waals surface area contributed by atoms with E-state index < -0.39 is 12.0 Å². The number of hydrogen-bond donors (Lipinski definition) is 1. The van der Waals surface area contributed by atoms with E-state index in [4.69, 9.17) is 11.6 Å². The quantitative estimate of drug-likeness (QED) is 0.791. The molecule has 1 heterocycles. The van der Waals surface area contributed by atoms with Gasteiger partial charge in [0, 0.05) is 17.2 Å². The molecule has 3 atom stereocenters. The summed E-state index contributed by atoms with van der Waals surface area (Å²) in [6, 6.07) is 6.52. The number of hydrogen-bond acceptors (Lipinski definition) is 3. The van der Waals surface area contributed by atoms with E-state index in [1.807, 2.05) is 18.2 Å². The molecule has 0 radical (unpaired) electrons. The third kappa shape index (κ3) is 5.38. The fraction of sp³-hybridized carbons (Fsp3) is 0.579. The van der Waals surface area contributed by atoms with Gasteiger partial charge in [0.05, 0.1) is 0 Å². The van der Waals surface area contributed by atoms with Gasteiger partial charge in [-0.1, -0.05) is 51.4 Å². The Morgan fingerprint density at radius 1 is 1.40 bits per heavy atom. The van der Waals surface area contributed by atoms with Crippen LogP contribution in [0.3, 0.4) is 0 Å². The van der Waals surface area contributed by atoms with Crippen molar-refractivity contribution >= 4 is 35.2 Å². The van der Waals surface area contributed by atoms with Crippen molar-refractivity contribution in [1.82, 2.24) is 4.90 Å². The average molecular weight is 384 g/mol. The van der Waals surface area contributed by atoms with Gasteiger partial charge in [-0.2, -0.15) is 0 Å². The van der Waals surface area contributed by atoms with Crippen LogP contribution in [0.25, 0.3) is 0 Å². The molecule has 0 spiro atoms. The third-order valence-electron chi connectivity index (χ3n) is 4.19. The van der Waals surface area contributed by atoms with E-state index in [-0.39, 0.29) is 22.6 Å². The Morgan fingerprint density at radius 3 is 2.64 bits per heavy atom. The maximum absolute atomic E-state index is 12.9. The molecule has 6 heteroatoms. The smallest absolute Gasteiger partial charge is 0.327 e. The lowest BCUT2D eigenvalue weighted by molar-refractivity contribution is -0.149. The summed E-state index contributed by atoms with van der Waals surface area (Å²) in [4.78, 5) is 26.1. The molecule has 1 N–H and O–H groups in total. The van der Waals surface area contributed by atoms with E-state index in [2.05, 4.69) is 27.7 Å². The molecule has 1 aliphatic rings. The molecular formula is C19H26ClNO3S. The molecule has 1 aliphatic heterocycles. The van der Waals surface area contributed by atoms with E-state index in [9.17, 15) is 14.7 Å². The molecule has 25 heavy (non-hydrogen) atoms. The first kappa shape index (κ1) is 20.1. The average Bonchev–Trinajstić information content (AvgIpc) is 2.90. The van der Waals surface area contributed by atoms with Crippen molar-refractivity contribution in [2.24, 2.45) is 11.3 Å². The molecule has 138 valence electrons. The summed E-state index contributed by atoms with van der Waals surface area (Å²) in [6.45, 7) is 8.49. The van der Waals surface area contributed by atoms with Gasteiger partial charge in [-0.3, -0.25) is 4.79 Å². The second-order valence-corrected chi connectivity index (χ2v) is 9.52. The highest BCUT2D eigenvalue weighted by Crippen LogP contribution is 2.43. The minimum atomic E-state index is -0.950. The zero-order chi connectivity index (χ0) is 18.8. The second-order valence-electron chi connectivity index (χ2n) is 7.97. The predicted octanol–water partition coefficient (Wildman–Crippen LogP) is 4.83. The summed E-state index contributed by atoms with van der Waals surface area (Å²) in [5.74, 6) is -0.452. The number of carbonyl (C=O) groups excluding carboxylic acids is 1. The van der Waals surface area contributed by atoms with Crippen LogP contribution in [-0.4, -0.2) is 33.7 Å². The van der Waals surface area contributed by atoms with Crippen LogP contribution in [0.1, 0.15) is 51.5 Å². The summed E-state index contributed by atoms with van der Waals surface area (Å²) in [6.07, 6.45) is 1.28. The number of rotatable bonds is 5. The first-order valence-electron chi connectivity index (χ1n) is 8.49. The maximum Gasteiger partial charge on any atom is 0.327 e. The number of halogens is 1. The van der Waals surface area contributed by atoms with Gasteiger partial charge in [0.1, 0.15) is 11.4 Å². The van der Waals surface area contributed by atoms with Gasteiger partial charge in [-0.25, -0.2) is 4.79 Å². The molecule has 0 aromatic heterocycles. The van der Waals surface area contributed by atoms with Crippen molar-refractivity contribution in [1.29, 1.82) is 0 Å². The summed E-state index contributed by atoms with van der Waals surface area (Å²) >= 11 is 7.56. The highest BCUT2D eigenvalue weighted by molar-refractivity contribution is 7.99. The Bertz CT molecular complexity index is 644. The number of nitrogens with zero attached hydrogens (tertiary/aromatic N) is 1. The molecule has 2 rings (SSSR count). The number of carboxylic acids is 1. The summed E-state index contributed by atoms with van der Waals surface area (Å²) in [7, 11) is 0. The minimum absolute atomic E-state index is 0.0980. The van der Waals surface area contributed by atoms with Crippen LogP contribution in [0.2, 0.25) is 5.02 Å². The number of aliphatic carboxylic acids is 1. The number of carbonyl (C=O) groups is 2. The second kappa shape index (κ2) is 8.00. The first-order valence-corrected chi connectivity index (χ1v) is 9.92. The summed E-state index contributed by atoms with van der Waals surface area (Å²) in [5.41, 5.74) is 1.01. The van der Waals surface area contributed by atoms with Gasteiger partial charge in [0.2, 0.25) is 5.91 Å². The van der Waals surface area contributed by atoms with Gasteiger partial charge < -0.3 is 10.0 Å². The van der Waals surface area contributed by atoms with Crippen molar-refractivity contribution in [3.05, 3.63) is 34.9 Å². The highest BCUT2D eigenvalue weighted by atomic mass is 35.5. The van der Waals surface area contributed by atoms with E-state index in [1.54, 1.807) is 6.07 Å². The number of carboxylic acid groups (broad SMARTS) is 1. The maximum atomic E-state index is 12.9. The zero-order valence-electron chi connectivity index (χ0n) is 15.2. The van der Waals surface area contributed by atoms with Crippen molar-refractivity contribution in [2.45, 2.75) is 52.0 Å². The van der Waals surface area contributed by atoms with Crippen LogP contribution in [-0.2, 0) is 9.59 Å². The van der Waals surface area contributed by atoms with Gasteiger partial charge in [-0.15, -0.1) is 11.8 Å². The predicted molar refractivity (Wildman–Crippen MR) is 103 cm³/mol. The van der Waals surface area contributed by atoms with Crippen LogP contribution in [0.5, 0.6) is 0 Å². The molecule has 3 unspecified atom stereocenters. The van der Waals surface area contributed by atoms with Crippen molar-refractivity contribution in [2.75, 3.05) is 5.75 Å². The Kier molecular flexibility index (Phi) is 6.44. The lowest BCUT2D eigenvalue weighted by Gasteiger charge is -2.30.